The number of hydrogen-bond acceptors (Lipinski definition) is 3. The minimum Gasteiger partial charge on any atom is -0.307 e. The van der Waals surface area contributed by atoms with E-state index >= 15 is 0 Å². The molecule has 3 heteroatoms. The maximum Gasteiger partial charge on any atom is 0.0937 e. The van der Waals surface area contributed by atoms with Crippen LogP contribution in [0.2, 0.25) is 0 Å². The van der Waals surface area contributed by atoms with Crippen molar-refractivity contribution in [1.82, 2.24) is 15.3 Å². The summed E-state index contributed by atoms with van der Waals surface area (Å²) in [5, 5.41) is 3.48. The standard InChI is InChI=1S/C15H19N3/c1-4-16-14(10-11(2)3)12-6-5-7-13-15(12)18-9-8-17-13/h5-10,14,16H,4H2,1-3H3. The third-order valence-electron chi connectivity index (χ3n) is 2.79. The van der Waals surface area contributed by atoms with Crippen molar-refractivity contribution in [2.75, 3.05) is 6.54 Å². The first-order valence-corrected chi connectivity index (χ1v) is 6.30. The molecule has 1 unspecified atom stereocenters. The molecule has 0 aliphatic rings. The molecule has 0 amide bonds. The van der Waals surface area contributed by atoms with E-state index in [0.29, 0.717) is 0 Å². The van der Waals surface area contributed by atoms with Gasteiger partial charge >= 0.3 is 0 Å². The fourth-order valence-electron chi connectivity index (χ4n) is 2.08. The Bertz CT molecular complexity index is 551. The lowest BCUT2D eigenvalue weighted by Gasteiger charge is -2.16. The molecule has 1 aromatic heterocycles. The molecule has 0 spiro atoms. The van der Waals surface area contributed by atoms with E-state index in [2.05, 4.69) is 48.2 Å². The predicted octanol–water partition coefficient (Wildman–Crippen LogP) is 3.25. The van der Waals surface area contributed by atoms with Crippen LogP contribution in [0.1, 0.15) is 32.4 Å². The normalized spacial score (nSPS) is 12.4. The van der Waals surface area contributed by atoms with Crippen molar-refractivity contribution in [3.63, 3.8) is 0 Å². The van der Waals surface area contributed by atoms with Crippen LogP contribution in [0.15, 0.2) is 42.2 Å². The van der Waals surface area contributed by atoms with Crippen LogP contribution in [0.4, 0.5) is 0 Å². The van der Waals surface area contributed by atoms with Crippen molar-refractivity contribution in [3.8, 4) is 0 Å². The second kappa shape index (κ2) is 5.74. The minimum absolute atomic E-state index is 0.195. The van der Waals surface area contributed by atoms with E-state index in [1.165, 1.54) is 11.1 Å². The lowest BCUT2D eigenvalue weighted by molar-refractivity contribution is 0.647. The summed E-state index contributed by atoms with van der Waals surface area (Å²) in [6.07, 6.45) is 5.71. The molecule has 0 bridgehead atoms. The molecule has 1 aromatic carbocycles. The highest BCUT2D eigenvalue weighted by molar-refractivity contribution is 5.78. The largest absolute Gasteiger partial charge is 0.307 e. The highest BCUT2D eigenvalue weighted by atomic mass is 14.9. The zero-order valence-electron chi connectivity index (χ0n) is 11.1. The van der Waals surface area contributed by atoms with Gasteiger partial charge in [0.05, 0.1) is 17.1 Å². The lowest BCUT2D eigenvalue weighted by Crippen LogP contribution is -2.19. The number of rotatable bonds is 4. The molecule has 0 aliphatic carbocycles. The number of fused-ring (bicyclic) bond motifs is 1. The summed E-state index contributed by atoms with van der Waals surface area (Å²) in [6, 6.07) is 6.34. The van der Waals surface area contributed by atoms with E-state index in [9.17, 15) is 0 Å². The second-order valence-corrected chi connectivity index (χ2v) is 4.55. The molecule has 0 saturated heterocycles. The Kier molecular flexibility index (Phi) is 4.05. The van der Waals surface area contributed by atoms with Gasteiger partial charge in [-0.25, -0.2) is 0 Å². The molecule has 94 valence electrons. The summed E-state index contributed by atoms with van der Waals surface area (Å²) in [6.45, 7) is 7.26. The van der Waals surface area contributed by atoms with Crippen LogP contribution in [0.25, 0.3) is 11.0 Å². The third-order valence-corrected chi connectivity index (χ3v) is 2.79. The van der Waals surface area contributed by atoms with Crippen LogP contribution in [-0.2, 0) is 0 Å². The first-order chi connectivity index (χ1) is 8.72. The number of allylic oxidation sites excluding steroid dienone is 1. The van der Waals surface area contributed by atoms with Crippen LogP contribution in [0, 0.1) is 0 Å². The van der Waals surface area contributed by atoms with Crippen LogP contribution in [0.5, 0.6) is 0 Å². The first kappa shape index (κ1) is 12.7. The van der Waals surface area contributed by atoms with Crippen molar-refractivity contribution in [2.45, 2.75) is 26.8 Å². The average molecular weight is 241 g/mol. The maximum atomic E-state index is 4.46. The number of nitrogens with one attached hydrogen (secondary N) is 1. The summed E-state index contributed by atoms with van der Waals surface area (Å²) in [5.41, 5.74) is 4.40. The van der Waals surface area contributed by atoms with E-state index in [1.54, 1.807) is 12.4 Å². The molecule has 0 radical (unpaired) electrons. The number of hydrogen-bond donors (Lipinski definition) is 1. The molecule has 1 heterocycles. The lowest BCUT2D eigenvalue weighted by atomic mass is 10.0. The molecule has 0 saturated carbocycles. The Morgan fingerprint density at radius 2 is 2.06 bits per heavy atom. The van der Waals surface area contributed by atoms with Crippen LogP contribution >= 0.6 is 0 Å². The SMILES string of the molecule is CCNC(C=C(C)C)c1cccc2nccnc12. The van der Waals surface area contributed by atoms with Gasteiger partial charge in [0.15, 0.2) is 0 Å². The van der Waals surface area contributed by atoms with E-state index in [-0.39, 0.29) is 6.04 Å². The number of likely N-dealkylation sites (N-methyl/N-ethyl adjacent to an activating group) is 1. The van der Waals surface area contributed by atoms with Gasteiger partial charge in [-0.15, -0.1) is 0 Å². The Morgan fingerprint density at radius 1 is 1.28 bits per heavy atom. The highest BCUT2D eigenvalue weighted by Crippen LogP contribution is 2.23. The second-order valence-electron chi connectivity index (χ2n) is 4.55. The topological polar surface area (TPSA) is 37.8 Å². The van der Waals surface area contributed by atoms with Gasteiger partial charge in [0.2, 0.25) is 0 Å². The van der Waals surface area contributed by atoms with Gasteiger partial charge in [0.1, 0.15) is 0 Å². The summed E-state index contributed by atoms with van der Waals surface area (Å²) in [4.78, 5) is 8.81. The monoisotopic (exact) mass is 241 g/mol. The number of aromatic nitrogens is 2. The van der Waals surface area contributed by atoms with Gasteiger partial charge in [0, 0.05) is 18.0 Å². The van der Waals surface area contributed by atoms with Crippen LogP contribution in [-0.4, -0.2) is 16.5 Å². The van der Waals surface area contributed by atoms with Crippen molar-refractivity contribution < 1.29 is 0 Å². The van der Waals surface area contributed by atoms with E-state index in [0.717, 1.165) is 17.6 Å². The smallest absolute Gasteiger partial charge is 0.0937 e. The van der Waals surface area contributed by atoms with Gasteiger partial charge in [-0.3, -0.25) is 9.97 Å². The molecule has 1 atom stereocenters. The highest BCUT2D eigenvalue weighted by Gasteiger charge is 2.11. The molecule has 0 fully saturated rings. The summed E-state index contributed by atoms with van der Waals surface area (Å²) < 4.78 is 0. The zero-order chi connectivity index (χ0) is 13.0. The van der Waals surface area contributed by atoms with E-state index in [4.69, 9.17) is 0 Å². The predicted molar refractivity (Wildman–Crippen MR) is 75.4 cm³/mol. The molecular weight excluding hydrogens is 222 g/mol. The van der Waals surface area contributed by atoms with Gasteiger partial charge in [-0.1, -0.05) is 30.7 Å². The van der Waals surface area contributed by atoms with Crippen molar-refractivity contribution in [2.24, 2.45) is 0 Å². The zero-order valence-corrected chi connectivity index (χ0v) is 11.1. The summed E-state index contributed by atoms with van der Waals surface area (Å²) >= 11 is 0. The average Bonchev–Trinajstić information content (AvgIpc) is 2.37. The Balaban J connectivity index is 2.53. The molecular formula is C15H19N3. The first-order valence-electron chi connectivity index (χ1n) is 6.30. The summed E-state index contributed by atoms with van der Waals surface area (Å²) in [5.74, 6) is 0. The van der Waals surface area contributed by atoms with Crippen molar-refractivity contribution in [3.05, 3.63) is 47.8 Å². The number of nitrogens with zero attached hydrogens (tertiary/aromatic N) is 2. The van der Waals surface area contributed by atoms with Gasteiger partial charge in [-0.05, 0) is 26.5 Å². The van der Waals surface area contributed by atoms with Crippen LogP contribution in [0.3, 0.4) is 0 Å². The molecule has 3 nitrogen and oxygen atoms in total. The molecule has 2 rings (SSSR count). The molecule has 18 heavy (non-hydrogen) atoms. The summed E-state index contributed by atoms with van der Waals surface area (Å²) in [7, 11) is 0. The van der Waals surface area contributed by atoms with Crippen molar-refractivity contribution >= 4 is 11.0 Å². The Morgan fingerprint density at radius 3 is 2.78 bits per heavy atom. The molecule has 1 N–H and O–H groups in total. The van der Waals surface area contributed by atoms with Gasteiger partial charge < -0.3 is 5.32 Å². The van der Waals surface area contributed by atoms with E-state index in [1.807, 2.05) is 12.1 Å². The van der Waals surface area contributed by atoms with Crippen molar-refractivity contribution in [1.29, 1.82) is 0 Å². The molecule has 2 aromatic rings. The Labute approximate surface area is 108 Å². The number of para-hydroxylation sites is 1. The maximum absolute atomic E-state index is 4.46. The van der Waals surface area contributed by atoms with E-state index < -0.39 is 0 Å². The third kappa shape index (κ3) is 2.74. The van der Waals surface area contributed by atoms with Gasteiger partial charge in [0.25, 0.3) is 0 Å². The fourth-order valence-corrected chi connectivity index (χ4v) is 2.08. The quantitative estimate of drug-likeness (QED) is 0.835. The van der Waals surface area contributed by atoms with Gasteiger partial charge in [-0.2, -0.15) is 0 Å². The minimum atomic E-state index is 0.195. The fraction of sp³-hybridized carbons (Fsp3) is 0.333. The number of benzene rings is 1. The molecule has 0 aliphatic heterocycles. The van der Waals surface area contributed by atoms with Crippen LogP contribution < -0.4 is 5.32 Å². The Hall–Kier alpha value is -1.74.